The summed E-state index contributed by atoms with van der Waals surface area (Å²) >= 11 is 1.66. The Kier molecular flexibility index (Phi) is 4.68. The predicted octanol–water partition coefficient (Wildman–Crippen LogP) is 3.74. The number of hydrogen-bond acceptors (Lipinski definition) is 4. The average Bonchev–Trinajstić information content (AvgIpc) is 3.01. The van der Waals surface area contributed by atoms with E-state index in [2.05, 4.69) is 59.4 Å². The summed E-state index contributed by atoms with van der Waals surface area (Å²) < 4.78 is 6.32. The maximum absolute atomic E-state index is 6.32. The van der Waals surface area contributed by atoms with E-state index in [1.807, 2.05) is 5.51 Å². The van der Waals surface area contributed by atoms with Gasteiger partial charge in [-0.25, -0.2) is 4.98 Å². The molecule has 3 nitrogen and oxygen atoms in total. The lowest BCUT2D eigenvalue weighted by Gasteiger charge is -2.39. The molecular weight excluding hydrogens is 280 g/mol. The van der Waals surface area contributed by atoms with Gasteiger partial charge in [-0.1, -0.05) is 44.2 Å². The van der Waals surface area contributed by atoms with Crippen molar-refractivity contribution in [2.75, 3.05) is 13.1 Å². The largest absolute Gasteiger partial charge is 0.367 e. The molecule has 1 aromatic carbocycles. The number of hydrogen-bond donors (Lipinski definition) is 0. The van der Waals surface area contributed by atoms with Crippen molar-refractivity contribution in [1.29, 1.82) is 0 Å². The fourth-order valence-electron chi connectivity index (χ4n) is 2.75. The first-order chi connectivity index (χ1) is 10.2. The fraction of sp³-hybridized carbons (Fsp3) is 0.471. The van der Waals surface area contributed by atoms with E-state index in [9.17, 15) is 0 Å². The molecular formula is C17H22N2OS. The molecule has 1 fully saturated rings. The van der Waals surface area contributed by atoms with Crippen LogP contribution < -0.4 is 0 Å². The SMILES string of the molecule is CC(C)[C@H]1CN(Cc2cscn2)C[C@@H](c2ccccc2)O1. The van der Waals surface area contributed by atoms with Crippen molar-refractivity contribution in [3.63, 3.8) is 0 Å². The van der Waals surface area contributed by atoms with Crippen LogP contribution in [0, 0.1) is 5.92 Å². The van der Waals surface area contributed by atoms with Crippen LogP contribution in [0.2, 0.25) is 0 Å². The Balaban J connectivity index is 1.75. The van der Waals surface area contributed by atoms with Gasteiger partial charge in [0.05, 0.1) is 23.4 Å². The smallest absolute Gasteiger partial charge is 0.0956 e. The highest BCUT2D eigenvalue weighted by Gasteiger charge is 2.30. The van der Waals surface area contributed by atoms with Gasteiger partial charge in [-0.2, -0.15) is 0 Å². The third kappa shape index (κ3) is 3.70. The minimum atomic E-state index is 0.158. The molecule has 1 aliphatic heterocycles. The number of aromatic nitrogens is 1. The van der Waals surface area contributed by atoms with E-state index in [4.69, 9.17) is 4.74 Å². The Morgan fingerprint density at radius 1 is 1.29 bits per heavy atom. The molecule has 0 bridgehead atoms. The van der Waals surface area contributed by atoms with E-state index < -0.39 is 0 Å². The van der Waals surface area contributed by atoms with Crippen molar-refractivity contribution < 1.29 is 4.74 Å². The van der Waals surface area contributed by atoms with Crippen LogP contribution in [0.5, 0.6) is 0 Å². The molecule has 0 unspecified atom stereocenters. The number of nitrogens with zero attached hydrogens (tertiary/aromatic N) is 2. The van der Waals surface area contributed by atoms with Crippen molar-refractivity contribution in [3.05, 3.63) is 52.5 Å². The first kappa shape index (κ1) is 14.7. The number of rotatable bonds is 4. The van der Waals surface area contributed by atoms with Gasteiger partial charge in [0.1, 0.15) is 0 Å². The number of thiazole rings is 1. The summed E-state index contributed by atoms with van der Waals surface area (Å²) in [6, 6.07) is 10.5. The summed E-state index contributed by atoms with van der Waals surface area (Å²) in [6.07, 6.45) is 0.438. The molecule has 3 rings (SSSR count). The summed E-state index contributed by atoms with van der Waals surface area (Å²) in [5.74, 6) is 0.523. The van der Waals surface area contributed by atoms with Gasteiger partial charge < -0.3 is 4.74 Å². The second-order valence-corrected chi connectivity index (χ2v) is 6.71. The molecule has 0 aliphatic carbocycles. The Morgan fingerprint density at radius 2 is 2.10 bits per heavy atom. The van der Waals surface area contributed by atoms with Gasteiger partial charge in [0, 0.05) is 25.0 Å². The number of benzene rings is 1. The monoisotopic (exact) mass is 302 g/mol. The van der Waals surface area contributed by atoms with Gasteiger partial charge in [0.15, 0.2) is 0 Å². The Morgan fingerprint density at radius 3 is 2.76 bits per heavy atom. The van der Waals surface area contributed by atoms with E-state index in [0.717, 1.165) is 25.3 Å². The highest BCUT2D eigenvalue weighted by Crippen LogP contribution is 2.28. The quantitative estimate of drug-likeness (QED) is 0.860. The van der Waals surface area contributed by atoms with Crippen molar-refractivity contribution in [2.45, 2.75) is 32.6 Å². The minimum Gasteiger partial charge on any atom is -0.367 e. The van der Waals surface area contributed by atoms with Gasteiger partial charge in [0.25, 0.3) is 0 Å². The molecule has 0 N–H and O–H groups in total. The zero-order valence-corrected chi connectivity index (χ0v) is 13.4. The summed E-state index contributed by atoms with van der Waals surface area (Å²) in [7, 11) is 0. The van der Waals surface area contributed by atoms with E-state index >= 15 is 0 Å². The van der Waals surface area contributed by atoms with E-state index in [0.29, 0.717) is 5.92 Å². The predicted molar refractivity (Wildman–Crippen MR) is 86.3 cm³/mol. The van der Waals surface area contributed by atoms with Gasteiger partial charge in [0.2, 0.25) is 0 Å². The van der Waals surface area contributed by atoms with Gasteiger partial charge in [-0.3, -0.25) is 4.90 Å². The van der Waals surface area contributed by atoms with Crippen molar-refractivity contribution in [1.82, 2.24) is 9.88 Å². The van der Waals surface area contributed by atoms with Crippen LogP contribution in [0.15, 0.2) is 41.2 Å². The summed E-state index contributed by atoms with van der Waals surface area (Å²) in [5, 5.41) is 2.14. The zero-order valence-electron chi connectivity index (χ0n) is 12.6. The van der Waals surface area contributed by atoms with Crippen LogP contribution in [0.3, 0.4) is 0 Å². The Hall–Kier alpha value is -1.23. The van der Waals surface area contributed by atoms with Crippen LogP contribution in [0.1, 0.15) is 31.2 Å². The van der Waals surface area contributed by atoms with Gasteiger partial charge in [-0.05, 0) is 11.5 Å². The second kappa shape index (κ2) is 6.69. The molecule has 2 atom stereocenters. The Labute approximate surface area is 130 Å². The normalized spacial score (nSPS) is 23.6. The standard InChI is InChI=1S/C17H22N2OS/c1-13(2)16-9-19(8-15-11-21-12-18-15)10-17(20-16)14-6-4-3-5-7-14/h3-7,11-13,16-17H,8-10H2,1-2H3/t16-,17+/m1/s1. The third-order valence-electron chi connectivity index (χ3n) is 3.99. The average molecular weight is 302 g/mol. The lowest BCUT2D eigenvalue weighted by molar-refractivity contribution is -0.108. The van der Waals surface area contributed by atoms with Crippen LogP contribution in [-0.2, 0) is 11.3 Å². The van der Waals surface area contributed by atoms with E-state index in [1.165, 1.54) is 5.56 Å². The first-order valence-corrected chi connectivity index (χ1v) is 8.46. The van der Waals surface area contributed by atoms with Crippen molar-refractivity contribution in [2.24, 2.45) is 5.92 Å². The lowest BCUT2D eigenvalue weighted by Crippen LogP contribution is -2.45. The highest BCUT2D eigenvalue weighted by molar-refractivity contribution is 7.07. The Bertz CT molecular complexity index is 541. The van der Waals surface area contributed by atoms with Crippen LogP contribution in [0.25, 0.3) is 0 Å². The van der Waals surface area contributed by atoms with Gasteiger partial charge >= 0.3 is 0 Å². The molecule has 1 saturated heterocycles. The van der Waals surface area contributed by atoms with E-state index in [1.54, 1.807) is 11.3 Å². The van der Waals surface area contributed by atoms with E-state index in [-0.39, 0.29) is 12.2 Å². The lowest BCUT2D eigenvalue weighted by atomic mass is 10.0. The van der Waals surface area contributed by atoms with Crippen LogP contribution in [0.4, 0.5) is 0 Å². The topological polar surface area (TPSA) is 25.4 Å². The molecule has 112 valence electrons. The molecule has 0 radical (unpaired) electrons. The summed E-state index contributed by atoms with van der Waals surface area (Å²) in [4.78, 5) is 6.89. The molecule has 2 aromatic rings. The molecule has 2 heterocycles. The molecule has 0 amide bonds. The fourth-order valence-corrected chi connectivity index (χ4v) is 3.30. The summed E-state index contributed by atoms with van der Waals surface area (Å²) in [6.45, 7) is 7.31. The molecule has 21 heavy (non-hydrogen) atoms. The molecule has 4 heteroatoms. The molecule has 0 saturated carbocycles. The zero-order chi connectivity index (χ0) is 14.7. The van der Waals surface area contributed by atoms with Crippen LogP contribution >= 0.6 is 11.3 Å². The number of morpholine rings is 1. The molecule has 1 aliphatic rings. The second-order valence-electron chi connectivity index (χ2n) is 5.99. The maximum Gasteiger partial charge on any atom is 0.0956 e. The van der Waals surface area contributed by atoms with Crippen molar-refractivity contribution in [3.8, 4) is 0 Å². The van der Waals surface area contributed by atoms with Gasteiger partial charge in [-0.15, -0.1) is 11.3 Å². The number of ether oxygens (including phenoxy) is 1. The van der Waals surface area contributed by atoms with Crippen LogP contribution in [-0.4, -0.2) is 29.1 Å². The highest BCUT2D eigenvalue weighted by atomic mass is 32.1. The maximum atomic E-state index is 6.32. The minimum absolute atomic E-state index is 0.158. The third-order valence-corrected chi connectivity index (χ3v) is 4.62. The molecule has 1 aromatic heterocycles. The van der Waals surface area contributed by atoms with Crippen molar-refractivity contribution >= 4 is 11.3 Å². The molecule has 0 spiro atoms. The summed E-state index contributed by atoms with van der Waals surface area (Å²) in [5.41, 5.74) is 4.34. The first-order valence-electron chi connectivity index (χ1n) is 7.52.